The number of hydrogen-bond donors (Lipinski definition) is 1. The maximum Gasteiger partial charge on any atom is 0.253 e. The molecule has 1 rings (SSSR count). The first kappa shape index (κ1) is 12.7. The molecule has 16 heavy (non-hydrogen) atoms. The van der Waals surface area contributed by atoms with Gasteiger partial charge in [0.1, 0.15) is 0 Å². The highest BCUT2D eigenvalue weighted by atomic mass is 16.3. The summed E-state index contributed by atoms with van der Waals surface area (Å²) in [7, 11) is 3.46. The van der Waals surface area contributed by atoms with Gasteiger partial charge in [-0.25, -0.2) is 0 Å². The minimum Gasteiger partial charge on any atom is -0.395 e. The van der Waals surface area contributed by atoms with E-state index in [4.69, 9.17) is 0 Å². The summed E-state index contributed by atoms with van der Waals surface area (Å²) in [4.78, 5) is 13.2. The molecule has 0 radical (unpaired) electrons. The fourth-order valence-electron chi connectivity index (χ4n) is 1.41. The van der Waals surface area contributed by atoms with E-state index < -0.39 is 0 Å². The van der Waals surface area contributed by atoms with Crippen molar-refractivity contribution < 1.29 is 9.90 Å². The molecular weight excluding hydrogens is 202 g/mol. The zero-order chi connectivity index (χ0) is 12.3. The van der Waals surface area contributed by atoms with Crippen LogP contribution in [-0.2, 0) is 5.41 Å². The van der Waals surface area contributed by atoms with Crippen molar-refractivity contribution in [3.8, 4) is 0 Å². The van der Waals surface area contributed by atoms with E-state index in [2.05, 4.69) is 0 Å². The molecule has 0 heterocycles. The summed E-state index contributed by atoms with van der Waals surface area (Å²) in [5, 5.41) is 9.24. The van der Waals surface area contributed by atoms with Crippen LogP contribution in [0.1, 0.15) is 29.8 Å². The molecule has 1 N–H and O–H groups in total. The number of aliphatic hydroxyl groups is 1. The van der Waals surface area contributed by atoms with E-state index in [0.717, 1.165) is 5.56 Å². The molecule has 3 nitrogen and oxygen atoms in total. The number of benzene rings is 1. The highest BCUT2D eigenvalue weighted by Crippen LogP contribution is 2.22. The zero-order valence-electron chi connectivity index (χ0n) is 10.3. The average Bonchev–Trinajstić information content (AvgIpc) is 2.28. The Hall–Kier alpha value is -1.35. The standard InChI is InChI=1S/C13H19NO2/c1-13(2,9-15)11-7-5-10(6-8-11)12(16)14(3)4/h5-8,15H,9H2,1-4H3. The monoisotopic (exact) mass is 221 g/mol. The molecular formula is C13H19NO2. The Kier molecular flexibility index (Phi) is 3.70. The van der Waals surface area contributed by atoms with Crippen LogP contribution in [-0.4, -0.2) is 36.6 Å². The summed E-state index contributed by atoms with van der Waals surface area (Å²) in [5.41, 5.74) is 1.44. The molecule has 0 saturated carbocycles. The molecule has 0 aliphatic carbocycles. The lowest BCUT2D eigenvalue weighted by Crippen LogP contribution is -2.23. The van der Waals surface area contributed by atoms with Crippen LogP contribution in [0.2, 0.25) is 0 Å². The van der Waals surface area contributed by atoms with Crippen LogP contribution in [0.4, 0.5) is 0 Å². The maximum absolute atomic E-state index is 11.7. The molecule has 1 amide bonds. The Bertz CT molecular complexity index is 366. The quantitative estimate of drug-likeness (QED) is 0.843. The van der Waals surface area contributed by atoms with E-state index in [9.17, 15) is 9.90 Å². The molecule has 0 aliphatic heterocycles. The summed E-state index contributed by atoms with van der Waals surface area (Å²) < 4.78 is 0. The summed E-state index contributed by atoms with van der Waals surface area (Å²) >= 11 is 0. The predicted molar refractivity (Wildman–Crippen MR) is 64.6 cm³/mol. The van der Waals surface area contributed by atoms with Gasteiger partial charge < -0.3 is 10.0 Å². The van der Waals surface area contributed by atoms with Crippen molar-refractivity contribution in [1.82, 2.24) is 4.90 Å². The van der Waals surface area contributed by atoms with Gasteiger partial charge in [-0.1, -0.05) is 26.0 Å². The number of hydrogen-bond acceptors (Lipinski definition) is 2. The molecule has 0 saturated heterocycles. The van der Waals surface area contributed by atoms with E-state index >= 15 is 0 Å². The Morgan fingerprint density at radius 3 is 2.12 bits per heavy atom. The summed E-state index contributed by atoms with van der Waals surface area (Å²) in [6, 6.07) is 7.39. The number of aliphatic hydroxyl groups excluding tert-OH is 1. The van der Waals surface area contributed by atoms with Crippen molar-refractivity contribution >= 4 is 5.91 Å². The molecule has 3 heteroatoms. The summed E-state index contributed by atoms with van der Waals surface area (Å²) in [6.07, 6.45) is 0. The lowest BCUT2D eigenvalue weighted by Gasteiger charge is -2.22. The molecule has 0 atom stereocenters. The molecule has 88 valence electrons. The van der Waals surface area contributed by atoms with Gasteiger partial charge in [0.15, 0.2) is 0 Å². The van der Waals surface area contributed by atoms with Crippen molar-refractivity contribution in [3.05, 3.63) is 35.4 Å². The van der Waals surface area contributed by atoms with Gasteiger partial charge in [-0.05, 0) is 17.7 Å². The minimum absolute atomic E-state index is 0.00615. The van der Waals surface area contributed by atoms with Crippen molar-refractivity contribution in [1.29, 1.82) is 0 Å². The highest BCUT2D eigenvalue weighted by molar-refractivity contribution is 5.93. The first-order chi connectivity index (χ1) is 7.38. The Labute approximate surface area is 96.7 Å². The molecule has 1 aromatic carbocycles. The third-order valence-corrected chi connectivity index (χ3v) is 2.71. The molecule has 0 bridgehead atoms. The van der Waals surface area contributed by atoms with Crippen LogP contribution in [0.5, 0.6) is 0 Å². The van der Waals surface area contributed by atoms with Crippen molar-refractivity contribution in [2.75, 3.05) is 20.7 Å². The number of rotatable bonds is 3. The van der Waals surface area contributed by atoms with Crippen molar-refractivity contribution in [3.63, 3.8) is 0 Å². The normalized spacial score (nSPS) is 11.3. The van der Waals surface area contributed by atoms with Gasteiger partial charge in [-0.15, -0.1) is 0 Å². The number of carbonyl (C=O) groups is 1. The minimum atomic E-state index is -0.264. The van der Waals surface area contributed by atoms with Gasteiger partial charge in [-0.3, -0.25) is 4.79 Å². The third kappa shape index (κ3) is 2.61. The number of nitrogens with zero attached hydrogens (tertiary/aromatic N) is 1. The first-order valence-corrected chi connectivity index (χ1v) is 5.31. The SMILES string of the molecule is CN(C)C(=O)c1ccc(C(C)(C)CO)cc1. The van der Waals surface area contributed by atoms with Crippen LogP contribution in [0.15, 0.2) is 24.3 Å². The van der Waals surface area contributed by atoms with Crippen LogP contribution < -0.4 is 0 Å². The van der Waals surface area contributed by atoms with Gasteiger partial charge in [0.05, 0.1) is 6.61 Å². The van der Waals surface area contributed by atoms with Gasteiger partial charge >= 0.3 is 0 Å². The van der Waals surface area contributed by atoms with Gasteiger partial charge in [-0.2, -0.15) is 0 Å². The van der Waals surface area contributed by atoms with E-state index in [0.29, 0.717) is 5.56 Å². The van der Waals surface area contributed by atoms with Crippen LogP contribution in [0.25, 0.3) is 0 Å². The number of amides is 1. The lowest BCUT2D eigenvalue weighted by atomic mass is 9.85. The Morgan fingerprint density at radius 2 is 1.75 bits per heavy atom. The van der Waals surface area contributed by atoms with Crippen molar-refractivity contribution in [2.24, 2.45) is 0 Å². The van der Waals surface area contributed by atoms with E-state index in [1.165, 1.54) is 0 Å². The summed E-state index contributed by atoms with van der Waals surface area (Å²) in [5.74, 6) is -0.00615. The molecule has 0 spiro atoms. The molecule has 0 fully saturated rings. The Balaban J connectivity index is 2.96. The lowest BCUT2D eigenvalue weighted by molar-refractivity contribution is 0.0827. The van der Waals surface area contributed by atoms with Crippen molar-refractivity contribution in [2.45, 2.75) is 19.3 Å². The third-order valence-electron chi connectivity index (χ3n) is 2.71. The molecule has 1 aromatic rings. The second-order valence-electron chi connectivity index (χ2n) is 4.82. The largest absolute Gasteiger partial charge is 0.395 e. The highest BCUT2D eigenvalue weighted by Gasteiger charge is 2.19. The first-order valence-electron chi connectivity index (χ1n) is 5.31. The fourth-order valence-corrected chi connectivity index (χ4v) is 1.41. The second-order valence-corrected chi connectivity index (χ2v) is 4.82. The molecule has 0 aromatic heterocycles. The number of carbonyl (C=O) groups excluding carboxylic acids is 1. The van der Waals surface area contributed by atoms with Crippen LogP contribution >= 0.6 is 0 Å². The zero-order valence-corrected chi connectivity index (χ0v) is 10.3. The topological polar surface area (TPSA) is 40.5 Å². The van der Waals surface area contributed by atoms with Gasteiger partial charge in [0.2, 0.25) is 0 Å². The van der Waals surface area contributed by atoms with Crippen LogP contribution in [0.3, 0.4) is 0 Å². The molecule has 0 unspecified atom stereocenters. The average molecular weight is 221 g/mol. The second kappa shape index (κ2) is 4.66. The van der Waals surface area contributed by atoms with E-state index in [1.807, 2.05) is 26.0 Å². The van der Waals surface area contributed by atoms with Gasteiger partial charge in [0, 0.05) is 25.1 Å². The van der Waals surface area contributed by atoms with Gasteiger partial charge in [0.25, 0.3) is 5.91 Å². The van der Waals surface area contributed by atoms with E-state index in [-0.39, 0.29) is 17.9 Å². The smallest absolute Gasteiger partial charge is 0.253 e. The Morgan fingerprint density at radius 1 is 1.25 bits per heavy atom. The van der Waals surface area contributed by atoms with Crippen LogP contribution in [0, 0.1) is 0 Å². The fraction of sp³-hybridized carbons (Fsp3) is 0.462. The maximum atomic E-state index is 11.7. The predicted octanol–water partition coefficient (Wildman–Crippen LogP) is 1.66. The summed E-state index contributed by atoms with van der Waals surface area (Å²) in [6.45, 7) is 4.03. The van der Waals surface area contributed by atoms with E-state index in [1.54, 1.807) is 31.1 Å². The molecule has 0 aliphatic rings.